The van der Waals surface area contributed by atoms with Crippen molar-refractivity contribution < 1.29 is 4.79 Å². The van der Waals surface area contributed by atoms with E-state index in [9.17, 15) is 4.79 Å². The number of nitrogens with zero attached hydrogens (tertiary/aromatic N) is 2. The predicted octanol–water partition coefficient (Wildman–Crippen LogP) is 5.46. The van der Waals surface area contributed by atoms with E-state index in [4.69, 9.17) is 0 Å². The Kier molecular flexibility index (Phi) is 5.88. The first-order valence-electron chi connectivity index (χ1n) is 7.60. The first-order valence-corrected chi connectivity index (χ1v) is 10.2. The number of benzene rings is 2. The second kappa shape index (κ2) is 8.12. The Bertz CT molecular complexity index is 894. The van der Waals surface area contributed by atoms with E-state index in [2.05, 4.69) is 63.5 Å². The summed E-state index contributed by atoms with van der Waals surface area (Å²) in [7, 11) is 0. The van der Waals surface area contributed by atoms with Crippen LogP contribution in [-0.4, -0.2) is 16.1 Å². The lowest BCUT2D eigenvalue weighted by Gasteiger charge is -2.05. The molecule has 1 amide bonds. The molecule has 1 heterocycles. The van der Waals surface area contributed by atoms with Crippen molar-refractivity contribution in [1.82, 2.24) is 10.2 Å². The van der Waals surface area contributed by atoms with Crippen molar-refractivity contribution in [2.75, 3.05) is 5.32 Å². The molecule has 0 aliphatic rings. The molecule has 0 spiro atoms. The number of aryl methyl sites for hydroxylation is 2. The van der Waals surface area contributed by atoms with Gasteiger partial charge in [0.05, 0.1) is 0 Å². The van der Waals surface area contributed by atoms with Gasteiger partial charge in [0.1, 0.15) is 0 Å². The molecule has 0 bridgehead atoms. The number of carbonyl (C=O) groups excluding carboxylic acids is 1. The largest absolute Gasteiger partial charge is 0.296 e. The highest BCUT2D eigenvalue weighted by atomic mass is 79.9. The Balaban J connectivity index is 1.61. The van der Waals surface area contributed by atoms with E-state index in [1.807, 2.05) is 12.1 Å². The summed E-state index contributed by atoms with van der Waals surface area (Å²) in [6.45, 7) is 4.20. The lowest BCUT2D eigenvalue weighted by Crippen LogP contribution is -2.11. The van der Waals surface area contributed by atoms with Gasteiger partial charge >= 0.3 is 0 Å². The Morgan fingerprint density at radius 2 is 1.92 bits per heavy atom. The molecule has 25 heavy (non-hydrogen) atoms. The van der Waals surface area contributed by atoms with E-state index in [-0.39, 0.29) is 5.91 Å². The zero-order valence-electron chi connectivity index (χ0n) is 13.7. The smallest absolute Gasteiger partial charge is 0.257 e. The standard InChI is InChI=1S/C18H16BrN3OS2/c1-11-3-4-12(2)14(9-11)10-24-18-22-21-17(25-18)20-16(23)13-5-7-15(19)8-6-13/h3-9H,10H2,1-2H3,(H,20,21,23). The third kappa shape index (κ3) is 4.90. The van der Waals surface area contributed by atoms with Crippen molar-refractivity contribution in [3.8, 4) is 0 Å². The Morgan fingerprint density at radius 1 is 1.16 bits per heavy atom. The highest BCUT2D eigenvalue weighted by molar-refractivity contribution is 9.10. The fourth-order valence-electron chi connectivity index (χ4n) is 2.18. The minimum absolute atomic E-state index is 0.185. The number of nitrogens with one attached hydrogen (secondary N) is 1. The van der Waals surface area contributed by atoms with E-state index >= 15 is 0 Å². The van der Waals surface area contributed by atoms with Crippen molar-refractivity contribution in [3.63, 3.8) is 0 Å². The summed E-state index contributed by atoms with van der Waals surface area (Å²) in [6.07, 6.45) is 0. The molecule has 3 aromatic rings. The van der Waals surface area contributed by atoms with Gasteiger partial charge in [-0.2, -0.15) is 0 Å². The predicted molar refractivity (Wildman–Crippen MR) is 107 cm³/mol. The molecule has 0 unspecified atom stereocenters. The minimum Gasteiger partial charge on any atom is -0.296 e. The van der Waals surface area contributed by atoms with E-state index < -0.39 is 0 Å². The van der Waals surface area contributed by atoms with E-state index in [0.717, 1.165) is 14.6 Å². The van der Waals surface area contributed by atoms with Crippen LogP contribution in [0.1, 0.15) is 27.0 Å². The molecule has 1 aromatic heterocycles. The molecular weight excluding hydrogens is 418 g/mol. The van der Waals surface area contributed by atoms with Crippen molar-refractivity contribution in [1.29, 1.82) is 0 Å². The summed E-state index contributed by atoms with van der Waals surface area (Å²) in [6, 6.07) is 13.6. The summed E-state index contributed by atoms with van der Waals surface area (Å²) >= 11 is 6.37. The molecule has 128 valence electrons. The monoisotopic (exact) mass is 433 g/mol. The fraction of sp³-hybridized carbons (Fsp3) is 0.167. The molecule has 0 aliphatic heterocycles. The van der Waals surface area contributed by atoms with Gasteiger partial charge in [0.25, 0.3) is 5.91 Å². The van der Waals surface area contributed by atoms with Gasteiger partial charge in [-0.15, -0.1) is 10.2 Å². The average molecular weight is 434 g/mol. The summed E-state index contributed by atoms with van der Waals surface area (Å²) in [5.41, 5.74) is 4.40. The van der Waals surface area contributed by atoms with E-state index in [0.29, 0.717) is 10.7 Å². The van der Waals surface area contributed by atoms with Crippen molar-refractivity contribution in [2.45, 2.75) is 23.9 Å². The molecule has 3 rings (SSSR count). The van der Waals surface area contributed by atoms with Crippen LogP contribution in [0.3, 0.4) is 0 Å². The van der Waals surface area contributed by atoms with Crippen LogP contribution in [0.15, 0.2) is 51.3 Å². The number of thioether (sulfide) groups is 1. The van der Waals surface area contributed by atoms with Crippen LogP contribution in [0, 0.1) is 13.8 Å². The maximum absolute atomic E-state index is 12.2. The lowest BCUT2D eigenvalue weighted by atomic mass is 10.1. The molecule has 2 aromatic carbocycles. The molecule has 1 N–H and O–H groups in total. The number of hydrogen-bond donors (Lipinski definition) is 1. The molecule has 0 radical (unpaired) electrons. The maximum Gasteiger partial charge on any atom is 0.257 e. The second-order valence-electron chi connectivity index (χ2n) is 5.55. The van der Waals surface area contributed by atoms with Crippen LogP contribution >= 0.6 is 39.0 Å². The van der Waals surface area contributed by atoms with E-state index in [1.54, 1.807) is 23.9 Å². The van der Waals surface area contributed by atoms with Crippen LogP contribution in [-0.2, 0) is 5.75 Å². The number of aromatic nitrogens is 2. The van der Waals surface area contributed by atoms with Gasteiger partial charge in [-0.1, -0.05) is 62.8 Å². The zero-order valence-corrected chi connectivity index (χ0v) is 17.0. The summed E-state index contributed by atoms with van der Waals surface area (Å²) in [4.78, 5) is 12.2. The number of rotatable bonds is 5. The SMILES string of the molecule is Cc1ccc(C)c(CSc2nnc(NC(=O)c3ccc(Br)cc3)s2)c1. The highest BCUT2D eigenvalue weighted by Gasteiger charge is 2.11. The minimum atomic E-state index is -0.185. The summed E-state index contributed by atoms with van der Waals surface area (Å²) in [5.74, 6) is 0.651. The second-order valence-corrected chi connectivity index (χ2v) is 8.67. The lowest BCUT2D eigenvalue weighted by molar-refractivity contribution is 0.102. The third-order valence-corrected chi connectivity index (χ3v) is 6.14. The molecule has 0 saturated heterocycles. The first-order chi connectivity index (χ1) is 12.0. The quantitative estimate of drug-likeness (QED) is 0.428. The number of halogens is 1. The fourth-order valence-corrected chi connectivity index (χ4v) is 4.26. The zero-order chi connectivity index (χ0) is 17.8. The molecule has 0 fully saturated rings. The Morgan fingerprint density at radius 3 is 2.68 bits per heavy atom. The van der Waals surface area contributed by atoms with Gasteiger partial charge in [-0.3, -0.25) is 10.1 Å². The van der Waals surface area contributed by atoms with Crippen LogP contribution < -0.4 is 5.32 Å². The number of anilines is 1. The van der Waals surface area contributed by atoms with Crippen molar-refractivity contribution >= 4 is 50.1 Å². The van der Waals surface area contributed by atoms with Gasteiger partial charge in [0.2, 0.25) is 5.13 Å². The van der Waals surface area contributed by atoms with Gasteiger partial charge in [0, 0.05) is 15.8 Å². The number of carbonyl (C=O) groups is 1. The Labute approximate surface area is 163 Å². The summed E-state index contributed by atoms with van der Waals surface area (Å²) < 4.78 is 1.78. The number of hydrogen-bond acceptors (Lipinski definition) is 5. The van der Waals surface area contributed by atoms with Gasteiger partial charge in [-0.25, -0.2) is 0 Å². The van der Waals surface area contributed by atoms with Crippen molar-refractivity contribution in [2.24, 2.45) is 0 Å². The molecule has 0 aliphatic carbocycles. The van der Waals surface area contributed by atoms with Crippen LogP contribution in [0.4, 0.5) is 5.13 Å². The van der Waals surface area contributed by atoms with Crippen LogP contribution in [0.2, 0.25) is 0 Å². The molecule has 0 atom stereocenters. The number of amides is 1. The average Bonchev–Trinajstić information content (AvgIpc) is 3.03. The normalized spacial score (nSPS) is 10.7. The van der Waals surface area contributed by atoms with E-state index in [1.165, 1.54) is 28.0 Å². The van der Waals surface area contributed by atoms with Crippen LogP contribution in [0.25, 0.3) is 0 Å². The Hall–Kier alpha value is -1.70. The third-order valence-electron chi connectivity index (χ3n) is 3.59. The van der Waals surface area contributed by atoms with Gasteiger partial charge in [0.15, 0.2) is 4.34 Å². The molecule has 4 nitrogen and oxygen atoms in total. The molecule has 0 saturated carbocycles. The molecular formula is C18H16BrN3OS2. The van der Waals surface area contributed by atoms with Crippen molar-refractivity contribution in [3.05, 3.63) is 69.2 Å². The highest BCUT2D eigenvalue weighted by Crippen LogP contribution is 2.29. The maximum atomic E-state index is 12.2. The molecule has 7 heteroatoms. The first kappa shape index (κ1) is 18.1. The van der Waals surface area contributed by atoms with Gasteiger partial charge in [-0.05, 0) is 49.2 Å². The van der Waals surface area contributed by atoms with Crippen LogP contribution in [0.5, 0.6) is 0 Å². The summed E-state index contributed by atoms with van der Waals surface area (Å²) in [5, 5.41) is 11.5. The topological polar surface area (TPSA) is 54.9 Å². The van der Waals surface area contributed by atoms with Gasteiger partial charge < -0.3 is 0 Å².